The van der Waals surface area contributed by atoms with Gasteiger partial charge < -0.3 is 9.47 Å². The third-order valence-corrected chi connectivity index (χ3v) is 3.92. The molecule has 0 spiro atoms. The number of hydrogen-bond donors (Lipinski definition) is 2. The molecule has 0 radical (unpaired) electrons. The lowest BCUT2D eigenvalue weighted by molar-refractivity contribution is -0.123. The highest BCUT2D eigenvalue weighted by molar-refractivity contribution is 5.95. The summed E-state index contributed by atoms with van der Waals surface area (Å²) >= 11 is 0. The Hall–Kier alpha value is -3.02. The highest BCUT2D eigenvalue weighted by Gasteiger charge is 2.11. The maximum atomic E-state index is 12.1. The van der Waals surface area contributed by atoms with Gasteiger partial charge in [-0.3, -0.25) is 20.4 Å². The maximum absolute atomic E-state index is 12.1. The number of para-hydroxylation sites is 1. The molecule has 6 nitrogen and oxygen atoms in total. The second-order valence-corrected chi connectivity index (χ2v) is 7.21. The van der Waals surface area contributed by atoms with Gasteiger partial charge in [-0.2, -0.15) is 0 Å². The zero-order valence-electron chi connectivity index (χ0n) is 16.8. The van der Waals surface area contributed by atoms with Gasteiger partial charge in [0.25, 0.3) is 11.8 Å². The van der Waals surface area contributed by atoms with Crippen LogP contribution >= 0.6 is 0 Å². The van der Waals surface area contributed by atoms with Gasteiger partial charge in [0.2, 0.25) is 0 Å². The quantitative estimate of drug-likeness (QED) is 0.681. The second kappa shape index (κ2) is 10.3. The van der Waals surface area contributed by atoms with E-state index in [1.54, 1.807) is 24.3 Å². The number of nitrogens with one attached hydrogen (secondary N) is 2. The first-order chi connectivity index (χ1) is 13.4. The largest absolute Gasteiger partial charge is 0.493 e. The number of carbonyl (C=O) groups excluding carboxylic acids is 2. The number of amides is 2. The maximum Gasteiger partial charge on any atom is 0.276 e. The fraction of sp³-hybridized carbons (Fsp3) is 0.364. The molecule has 2 aromatic rings. The van der Waals surface area contributed by atoms with Crippen molar-refractivity contribution in [2.45, 2.75) is 33.6 Å². The molecule has 0 heterocycles. The van der Waals surface area contributed by atoms with E-state index in [-0.39, 0.29) is 12.5 Å². The van der Waals surface area contributed by atoms with Crippen molar-refractivity contribution in [1.82, 2.24) is 10.9 Å². The minimum atomic E-state index is -0.441. The fourth-order valence-electron chi connectivity index (χ4n) is 2.43. The van der Waals surface area contributed by atoms with Crippen molar-refractivity contribution >= 4 is 11.8 Å². The van der Waals surface area contributed by atoms with Crippen LogP contribution in [-0.2, 0) is 4.79 Å². The van der Waals surface area contributed by atoms with E-state index in [2.05, 4.69) is 38.5 Å². The third-order valence-electron chi connectivity index (χ3n) is 3.92. The molecule has 0 aliphatic heterocycles. The zero-order valence-corrected chi connectivity index (χ0v) is 16.8. The molecule has 0 aliphatic carbocycles. The van der Waals surface area contributed by atoms with Crippen molar-refractivity contribution in [1.29, 1.82) is 0 Å². The molecular formula is C22H28N2O4. The van der Waals surface area contributed by atoms with Crippen molar-refractivity contribution in [2.75, 3.05) is 13.2 Å². The Kier molecular flexibility index (Phi) is 7.87. The summed E-state index contributed by atoms with van der Waals surface area (Å²) in [6, 6.07) is 14.3. The number of rotatable bonds is 8. The van der Waals surface area contributed by atoms with Gasteiger partial charge in [0.15, 0.2) is 6.61 Å². The average Bonchev–Trinajstić information content (AvgIpc) is 2.69. The normalized spacial score (nSPS) is 10.6. The smallest absolute Gasteiger partial charge is 0.276 e. The lowest BCUT2D eigenvalue weighted by Gasteiger charge is -2.14. The predicted octanol–water partition coefficient (Wildman–Crippen LogP) is 3.68. The molecule has 2 rings (SSSR count). The number of hydrogen-bond acceptors (Lipinski definition) is 4. The highest BCUT2D eigenvalue weighted by Crippen LogP contribution is 2.25. The third kappa shape index (κ3) is 6.61. The van der Waals surface area contributed by atoms with Crippen LogP contribution in [0.5, 0.6) is 11.5 Å². The number of ether oxygens (including phenoxy) is 2. The number of carbonyl (C=O) groups is 2. The van der Waals surface area contributed by atoms with E-state index in [4.69, 9.17) is 9.47 Å². The van der Waals surface area contributed by atoms with Crippen molar-refractivity contribution in [3.63, 3.8) is 0 Å². The first-order valence-corrected chi connectivity index (χ1v) is 9.40. The van der Waals surface area contributed by atoms with Crippen LogP contribution in [0.15, 0.2) is 48.5 Å². The van der Waals surface area contributed by atoms with E-state index in [1.165, 1.54) is 0 Å². The lowest BCUT2D eigenvalue weighted by Crippen LogP contribution is -2.43. The summed E-state index contributed by atoms with van der Waals surface area (Å²) in [5.74, 6) is 1.22. The van der Waals surface area contributed by atoms with Gasteiger partial charge in [-0.15, -0.1) is 0 Å². The Morgan fingerprint density at radius 3 is 2.21 bits per heavy atom. The van der Waals surface area contributed by atoms with Crippen LogP contribution in [0.4, 0.5) is 0 Å². The summed E-state index contributed by atoms with van der Waals surface area (Å²) in [6.45, 7) is 8.67. The molecule has 0 aliphatic rings. The zero-order chi connectivity index (χ0) is 20.5. The molecule has 28 heavy (non-hydrogen) atoms. The Bertz CT molecular complexity index is 785. The van der Waals surface area contributed by atoms with Crippen LogP contribution in [0.1, 0.15) is 49.5 Å². The van der Waals surface area contributed by atoms with Gasteiger partial charge in [-0.05, 0) is 47.7 Å². The predicted molar refractivity (Wildman–Crippen MR) is 108 cm³/mol. The summed E-state index contributed by atoms with van der Waals surface area (Å²) in [5, 5.41) is 0. The van der Waals surface area contributed by atoms with Crippen molar-refractivity contribution in [2.24, 2.45) is 5.92 Å². The first kappa shape index (κ1) is 21.3. The van der Waals surface area contributed by atoms with E-state index >= 15 is 0 Å². The minimum absolute atomic E-state index is 0.188. The van der Waals surface area contributed by atoms with Crippen LogP contribution in [-0.4, -0.2) is 25.0 Å². The van der Waals surface area contributed by atoms with Crippen LogP contribution in [0.3, 0.4) is 0 Å². The molecule has 6 heteroatoms. The lowest BCUT2D eigenvalue weighted by atomic mass is 10.0. The molecule has 0 atom stereocenters. The van der Waals surface area contributed by atoms with Gasteiger partial charge in [0.05, 0.1) is 6.61 Å². The Morgan fingerprint density at radius 2 is 1.57 bits per heavy atom. The molecule has 2 amide bonds. The summed E-state index contributed by atoms with van der Waals surface area (Å²) in [5.41, 5.74) is 6.19. The van der Waals surface area contributed by atoms with Crippen LogP contribution in [0.25, 0.3) is 0 Å². The van der Waals surface area contributed by atoms with Gasteiger partial charge in [0, 0.05) is 5.56 Å². The van der Waals surface area contributed by atoms with E-state index in [9.17, 15) is 9.59 Å². The average molecular weight is 384 g/mol. The van der Waals surface area contributed by atoms with Crippen molar-refractivity contribution in [3.8, 4) is 11.5 Å². The molecule has 0 unspecified atom stereocenters. The summed E-state index contributed by atoms with van der Waals surface area (Å²) in [6.07, 6.45) is 0. The molecule has 0 saturated heterocycles. The van der Waals surface area contributed by atoms with E-state index in [1.807, 2.05) is 24.3 Å². The van der Waals surface area contributed by atoms with E-state index < -0.39 is 11.8 Å². The summed E-state index contributed by atoms with van der Waals surface area (Å²) < 4.78 is 11.2. The SMILES string of the molecule is CC(C)COc1ccc(C(=O)NNC(=O)COc2ccccc2C(C)C)cc1. The number of hydrazine groups is 1. The molecule has 150 valence electrons. The van der Waals surface area contributed by atoms with E-state index in [0.717, 1.165) is 5.56 Å². The van der Waals surface area contributed by atoms with Gasteiger partial charge >= 0.3 is 0 Å². The van der Waals surface area contributed by atoms with Gasteiger partial charge in [0.1, 0.15) is 11.5 Å². The summed E-state index contributed by atoms with van der Waals surface area (Å²) in [7, 11) is 0. The molecule has 2 aromatic carbocycles. The topological polar surface area (TPSA) is 76.7 Å². The second-order valence-electron chi connectivity index (χ2n) is 7.21. The van der Waals surface area contributed by atoms with Crippen LogP contribution < -0.4 is 20.3 Å². The Morgan fingerprint density at radius 1 is 0.893 bits per heavy atom. The van der Waals surface area contributed by atoms with Gasteiger partial charge in [-0.25, -0.2) is 0 Å². The monoisotopic (exact) mass is 384 g/mol. The molecule has 2 N–H and O–H groups in total. The van der Waals surface area contributed by atoms with E-state index in [0.29, 0.717) is 29.6 Å². The molecule has 0 saturated carbocycles. The van der Waals surface area contributed by atoms with Crippen LogP contribution in [0, 0.1) is 5.92 Å². The molecule has 0 bridgehead atoms. The molecular weight excluding hydrogens is 356 g/mol. The minimum Gasteiger partial charge on any atom is -0.493 e. The summed E-state index contributed by atoms with van der Waals surface area (Å²) in [4.78, 5) is 24.1. The Balaban J connectivity index is 1.80. The Labute approximate surface area is 166 Å². The standard InChI is InChI=1S/C22H28N2O4/c1-15(2)13-27-18-11-9-17(10-12-18)22(26)24-23-21(25)14-28-20-8-6-5-7-19(20)16(3)4/h5-12,15-16H,13-14H2,1-4H3,(H,23,25)(H,24,26). The molecule has 0 aromatic heterocycles. The first-order valence-electron chi connectivity index (χ1n) is 9.40. The fourth-order valence-corrected chi connectivity index (χ4v) is 2.43. The molecule has 0 fully saturated rings. The van der Waals surface area contributed by atoms with Crippen molar-refractivity contribution in [3.05, 3.63) is 59.7 Å². The van der Waals surface area contributed by atoms with Gasteiger partial charge in [-0.1, -0.05) is 45.9 Å². The van der Waals surface area contributed by atoms with Crippen LogP contribution in [0.2, 0.25) is 0 Å². The van der Waals surface area contributed by atoms with Crippen molar-refractivity contribution < 1.29 is 19.1 Å². The highest BCUT2D eigenvalue weighted by atomic mass is 16.5. The number of benzene rings is 2.